The summed E-state index contributed by atoms with van der Waals surface area (Å²) in [7, 11) is 0. The maximum absolute atomic E-state index is 13.5. The lowest BCUT2D eigenvalue weighted by molar-refractivity contribution is 0.497. The second-order valence-corrected chi connectivity index (χ2v) is 7.33. The zero-order valence-electron chi connectivity index (χ0n) is 16.6. The fourth-order valence-electron chi connectivity index (χ4n) is 3.78. The van der Waals surface area contributed by atoms with E-state index < -0.39 is 6.29 Å². The van der Waals surface area contributed by atoms with Gasteiger partial charge in [-0.15, -0.1) is 12.4 Å². The van der Waals surface area contributed by atoms with Crippen LogP contribution in [-0.2, 0) is 0 Å². The molecule has 6 nitrogen and oxygen atoms in total. The Morgan fingerprint density at radius 3 is 2.28 bits per heavy atom. The largest absolute Gasteiger partial charge is 0.368 e. The van der Waals surface area contributed by atoms with E-state index in [9.17, 15) is 4.39 Å². The molecule has 0 aromatic heterocycles. The van der Waals surface area contributed by atoms with Crippen LogP contribution in [-0.4, -0.2) is 36.2 Å². The van der Waals surface area contributed by atoms with Crippen molar-refractivity contribution >= 4 is 35.7 Å². The summed E-state index contributed by atoms with van der Waals surface area (Å²) in [6.07, 6.45) is 1.75. The van der Waals surface area contributed by atoms with Crippen LogP contribution in [0, 0.1) is 19.7 Å². The summed E-state index contributed by atoms with van der Waals surface area (Å²) < 4.78 is 13.5. The minimum Gasteiger partial charge on any atom is -0.368 e. The van der Waals surface area contributed by atoms with Crippen LogP contribution in [0.3, 0.4) is 0 Å². The van der Waals surface area contributed by atoms with Crippen molar-refractivity contribution in [2.24, 2.45) is 15.7 Å². The van der Waals surface area contributed by atoms with Gasteiger partial charge in [0.15, 0.2) is 0 Å². The number of rotatable bonds is 3. The van der Waals surface area contributed by atoms with E-state index in [1.165, 1.54) is 12.1 Å². The molecular weight excluding hydrogens is 391 g/mol. The van der Waals surface area contributed by atoms with Gasteiger partial charge < -0.3 is 16.0 Å². The Morgan fingerprint density at radius 1 is 1.03 bits per heavy atom. The molecule has 2 aliphatic heterocycles. The lowest BCUT2D eigenvalue weighted by Crippen LogP contribution is -2.54. The summed E-state index contributed by atoms with van der Waals surface area (Å²) in [5, 5.41) is 3.47. The van der Waals surface area contributed by atoms with Gasteiger partial charge in [0.1, 0.15) is 5.82 Å². The molecule has 0 saturated carbocycles. The van der Waals surface area contributed by atoms with Crippen LogP contribution in [0.2, 0.25) is 0 Å². The normalized spacial score (nSPS) is 18.8. The predicted octanol–water partition coefficient (Wildman–Crippen LogP) is 3.85. The second-order valence-electron chi connectivity index (χ2n) is 7.33. The number of hydrogen-bond donors (Lipinski definition) is 2. The van der Waals surface area contributed by atoms with E-state index in [0.29, 0.717) is 0 Å². The number of nitrogens with two attached hydrogens (primary N) is 1. The standard InChI is InChI=1S/C21H25FN6.ClH/c1-14-11-15(2)13-17(12-14)24-20-25-19(23)26-21(27-9-3-4-10-27)28(20)18-7-5-16(22)6-8-18;/h5-8,11-13,20,24H,3-4,9-10H2,1-2H3,(H2,23,25);1H. The smallest absolute Gasteiger partial charge is 0.222 e. The Balaban J connectivity index is 0.00000240. The molecule has 3 N–H and O–H groups in total. The summed E-state index contributed by atoms with van der Waals surface area (Å²) in [5.41, 5.74) is 10.2. The lowest BCUT2D eigenvalue weighted by atomic mass is 10.1. The van der Waals surface area contributed by atoms with Crippen molar-refractivity contribution in [1.29, 1.82) is 0 Å². The monoisotopic (exact) mass is 416 g/mol. The number of benzene rings is 2. The number of anilines is 2. The fourth-order valence-corrected chi connectivity index (χ4v) is 3.78. The van der Waals surface area contributed by atoms with Gasteiger partial charge in [-0.25, -0.2) is 9.38 Å². The SMILES string of the molecule is Cc1cc(C)cc(NC2N=C(N)N=C(N3CCCC3)N2c2ccc(F)cc2)c1.Cl. The quantitative estimate of drug-likeness (QED) is 0.797. The minimum absolute atomic E-state index is 0. The first-order valence-corrected chi connectivity index (χ1v) is 9.56. The van der Waals surface area contributed by atoms with Crippen molar-refractivity contribution in [3.63, 3.8) is 0 Å². The minimum atomic E-state index is -0.472. The first-order valence-electron chi connectivity index (χ1n) is 9.56. The van der Waals surface area contributed by atoms with Gasteiger partial charge in [-0.2, -0.15) is 4.99 Å². The van der Waals surface area contributed by atoms with Crippen molar-refractivity contribution in [2.75, 3.05) is 23.3 Å². The van der Waals surface area contributed by atoms with E-state index in [1.807, 2.05) is 4.90 Å². The molecular formula is C21H26ClFN6. The highest BCUT2D eigenvalue weighted by Gasteiger charge is 2.32. The predicted molar refractivity (Wildman–Crippen MR) is 119 cm³/mol. The molecule has 0 amide bonds. The Labute approximate surface area is 176 Å². The van der Waals surface area contributed by atoms with E-state index in [0.717, 1.165) is 54.4 Å². The maximum atomic E-state index is 13.5. The van der Waals surface area contributed by atoms with Gasteiger partial charge in [-0.3, -0.25) is 4.90 Å². The first-order chi connectivity index (χ1) is 13.5. The Kier molecular flexibility index (Phi) is 6.27. The van der Waals surface area contributed by atoms with E-state index in [-0.39, 0.29) is 24.2 Å². The zero-order chi connectivity index (χ0) is 19.7. The zero-order valence-corrected chi connectivity index (χ0v) is 17.4. The molecule has 8 heteroatoms. The van der Waals surface area contributed by atoms with E-state index >= 15 is 0 Å². The molecule has 0 aliphatic carbocycles. The van der Waals surface area contributed by atoms with Gasteiger partial charge in [-0.1, -0.05) is 6.07 Å². The molecule has 4 rings (SSSR count). The van der Waals surface area contributed by atoms with Crippen LogP contribution < -0.4 is 16.0 Å². The van der Waals surface area contributed by atoms with Crippen LogP contribution in [0.25, 0.3) is 0 Å². The van der Waals surface area contributed by atoms with Gasteiger partial charge in [-0.05, 0) is 74.2 Å². The maximum Gasteiger partial charge on any atom is 0.222 e. The van der Waals surface area contributed by atoms with Crippen LogP contribution in [0.1, 0.15) is 24.0 Å². The number of guanidine groups is 2. The van der Waals surface area contributed by atoms with Crippen LogP contribution in [0.15, 0.2) is 52.4 Å². The summed E-state index contributed by atoms with van der Waals surface area (Å²) in [6, 6.07) is 12.7. The number of likely N-dealkylation sites (tertiary alicyclic amines) is 1. The molecule has 1 atom stereocenters. The number of hydrogen-bond acceptors (Lipinski definition) is 6. The highest BCUT2D eigenvalue weighted by Crippen LogP contribution is 2.26. The third-order valence-electron chi connectivity index (χ3n) is 4.94. The van der Waals surface area contributed by atoms with Crippen molar-refractivity contribution in [3.8, 4) is 0 Å². The van der Waals surface area contributed by atoms with Crippen LogP contribution in [0.4, 0.5) is 15.8 Å². The summed E-state index contributed by atoms with van der Waals surface area (Å²) >= 11 is 0. The van der Waals surface area contributed by atoms with Crippen molar-refractivity contribution < 1.29 is 4.39 Å². The molecule has 2 aromatic carbocycles. The number of aliphatic imine (C=N–C) groups is 2. The van der Waals surface area contributed by atoms with Crippen LogP contribution in [0.5, 0.6) is 0 Å². The van der Waals surface area contributed by atoms with Gasteiger partial charge in [0, 0.05) is 24.5 Å². The van der Waals surface area contributed by atoms with Crippen molar-refractivity contribution in [1.82, 2.24) is 4.90 Å². The van der Waals surface area contributed by atoms with Gasteiger partial charge >= 0.3 is 0 Å². The third-order valence-corrected chi connectivity index (χ3v) is 4.94. The molecule has 2 heterocycles. The lowest BCUT2D eigenvalue weighted by Gasteiger charge is -2.38. The van der Waals surface area contributed by atoms with Gasteiger partial charge in [0.25, 0.3) is 0 Å². The Bertz CT molecular complexity index is 901. The molecule has 0 radical (unpaired) electrons. The number of halogens is 2. The molecule has 2 aliphatic rings. The average Bonchev–Trinajstić information content (AvgIpc) is 3.16. The molecule has 154 valence electrons. The van der Waals surface area contributed by atoms with Crippen molar-refractivity contribution in [2.45, 2.75) is 33.0 Å². The third kappa shape index (κ3) is 4.62. The molecule has 1 fully saturated rings. The molecule has 29 heavy (non-hydrogen) atoms. The topological polar surface area (TPSA) is 69.2 Å². The Hall–Kier alpha value is -2.80. The average molecular weight is 417 g/mol. The summed E-state index contributed by atoms with van der Waals surface area (Å²) in [5.74, 6) is 0.711. The number of nitrogens with one attached hydrogen (secondary N) is 1. The Morgan fingerprint density at radius 2 is 1.66 bits per heavy atom. The molecule has 2 aromatic rings. The number of nitrogens with zero attached hydrogens (tertiary/aromatic N) is 4. The van der Waals surface area contributed by atoms with E-state index in [4.69, 9.17) is 5.73 Å². The first kappa shape index (κ1) is 20.9. The van der Waals surface area contributed by atoms with E-state index in [1.54, 1.807) is 12.1 Å². The fraction of sp³-hybridized carbons (Fsp3) is 0.333. The van der Waals surface area contributed by atoms with Gasteiger partial charge in [0.2, 0.25) is 18.2 Å². The van der Waals surface area contributed by atoms with Gasteiger partial charge in [0.05, 0.1) is 0 Å². The molecule has 1 saturated heterocycles. The van der Waals surface area contributed by atoms with Crippen molar-refractivity contribution in [3.05, 3.63) is 59.4 Å². The van der Waals surface area contributed by atoms with E-state index in [2.05, 4.69) is 52.2 Å². The number of aryl methyl sites for hydroxylation is 2. The second kappa shape index (κ2) is 8.69. The summed E-state index contributed by atoms with van der Waals surface area (Å²) in [6.45, 7) is 5.96. The molecule has 0 spiro atoms. The highest BCUT2D eigenvalue weighted by molar-refractivity contribution is 6.06. The highest BCUT2D eigenvalue weighted by atomic mass is 35.5. The molecule has 1 unspecified atom stereocenters. The summed E-state index contributed by atoms with van der Waals surface area (Å²) in [4.78, 5) is 13.3. The van der Waals surface area contributed by atoms with Crippen LogP contribution >= 0.6 is 12.4 Å². The molecule has 0 bridgehead atoms.